The maximum absolute atomic E-state index is 12.5. The Morgan fingerprint density at radius 1 is 1.47 bits per heavy atom. The van der Waals surface area contributed by atoms with Crippen molar-refractivity contribution >= 4 is 5.91 Å². The molecule has 0 aromatic heterocycles. The Morgan fingerprint density at radius 2 is 2.26 bits per heavy atom. The number of aryl methyl sites for hydroxylation is 1. The van der Waals surface area contributed by atoms with Crippen LogP contribution < -0.4 is 5.73 Å². The van der Waals surface area contributed by atoms with Crippen LogP contribution in [0.15, 0.2) is 24.3 Å². The first kappa shape index (κ1) is 14.1. The quantitative estimate of drug-likeness (QED) is 0.906. The Kier molecular flexibility index (Phi) is 4.59. The molecular weight excluding hydrogens is 236 g/mol. The van der Waals surface area contributed by atoms with Crippen LogP contribution in [0.5, 0.6) is 0 Å². The van der Waals surface area contributed by atoms with Crippen LogP contribution in [0.2, 0.25) is 0 Å². The molecule has 2 N–H and O–H groups in total. The summed E-state index contributed by atoms with van der Waals surface area (Å²) in [6.07, 6.45) is 3.81. The second kappa shape index (κ2) is 6.20. The Morgan fingerprint density at radius 3 is 2.95 bits per heavy atom. The number of carbonyl (C=O) groups excluding carboxylic acids is 1. The van der Waals surface area contributed by atoms with Crippen LogP contribution in [0, 0.1) is 6.92 Å². The van der Waals surface area contributed by atoms with E-state index >= 15 is 0 Å². The van der Waals surface area contributed by atoms with Gasteiger partial charge in [-0.05, 0) is 38.7 Å². The summed E-state index contributed by atoms with van der Waals surface area (Å²) in [7, 11) is 0. The van der Waals surface area contributed by atoms with E-state index in [-0.39, 0.29) is 18.0 Å². The SMILES string of the molecule is Cc1cccc(CC(=O)N2CCCC[C@@H]2[C@@H](C)N)c1. The predicted octanol–water partition coefficient (Wildman–Crippen LogP) is 2.27. The highest BCUT2D eigenvalue weighted by atomic mass is 16.2. The molecule has 1 saturated heterocycles. The van der Waals surface area contributed by atoms with E-state index in [0.29, 0.717) is 6.42 Å². The molecule has 0 saturated carbocycles. The van der Waals surface area contributed by atoms with Gasteiger partial charge in [-0.2, -0.15) is 0 Å². The molecule has 104 valence electrons. The number of hydrogen-bond acceptors (Lipinski definition) is 2. The zero-order valence-electron chi connectivity index (χ0n) is 11.9. The van der Waals surface area contributed by atoms with Crippen molar-refractivity contribution in [3.05, 3.63) is 35.4 Å². The number of benzene rings is 1. The number of piperidine rings is 1. The van der Waals surface area contributed by atoms with Crippen molar-refractivity contribution in [2.24, 2.45) is 5.73 Å². The molecule has 1 aromatic carbocycles. The van der Waals surface area contributed by atoms with Gasteiger partial charge in [0.1, 0.15) is 0 Å². The topological polar surface area (TPSA) is 46.3 Å². The summed E-state index contributed by atoms with van der Waals surface area (Å²) in [5.74, 6) is 0.215. The van der Waals surface area contributed by atoms with Crippen LogP contribution in [0.4, 0.5) is 0 Å². The van der Waals surface area contributed by atoms with E-state index in [1.54, 1.807) is 0 Å². The average Bonchev–Trinajstić information content (AvgIpc) is 2.38. The lowest BCUT2D eigenvalue weighted by Gasteiger charge is -2.38. The van der Waals surface area contributed by atoms with E-state index in [1.807, 2.05) is 24.0 Å². The summed E-state index contributed by atoms with van der Waals surface area (Å²) in [4.78, 5) is 14.5. The van der Waals surface area contributed by atoms with Gasteiger partial charge >= 0.3 is 0 Å². The molecule has 1 aliphatic heterocycles. The molecule has 0 unspecified atom stereocenters. The Balaban J connectivity index is 2.05. The number of likely N-dealkylation sites (tertiary alicyclic amines) is 1. The van der Waals surface area contributed by atoms with Crippen molar-refractivity contribution < 1.29 is 4.79 Å². The van der Waals surface area contributed by atoms with Crippen LogP contribution in [-0.2, 0) is 11.2 Å². The molecule has 2 rings (SSSR count). The molecule has 0 aliphatic carbocycles. The first-order valence-electron chi connectivity index (χ1n) is 7.18. The summed E-state index contributed by atoms with van der Waals surface area (Å²) in [6.45, 7) is 4.92. The first-order chi connectivity index (χ1) is 9.08. The van der Waals surface area contributed by atoms with Gasteiger partial charge in [0.05, 0.1) is 6.42 Å². The van der Waals surface area contributed by atoms with Crippen LogP contribution in [0.3, 0.4) is 0 Å². The molecule has 0 spiro atoms. The van der Waals surface area contributed by atoms with E-state index in [0.717, 1.165) is 24.9 Å². The van der Waals surface area contributed by atoms with Crippen molar-refractivity contribution in [2.45, 2.75) is 51.6 Å². The van der Waals surface area contributed by atoms with E-state index < -0.39 is 0 Å². The summed E-state index contributed by atoms with van der Waals surface area (Å²) >= 11 is 0. The summed E-state index contributed by atoms with van der Waals surface area (Å²) < 4.78 is 0. The van der Waals surface area contributed by atoms with Crippen molar-refractivity contribution in [1.29, 1.82) is 0 Å². The van der Waals surface area contributed by atoms with E-state index in [4.69, 9.17) is 5.73 Å². The Labute approximate surface area is 115 Å². The maximum atomic E-state index is 12.5. The first-order valence-corrected chi connectivity index (χ1v) is 7.18. The van der Waals surface area contributed by atoms with Gasteiger partial charge in [-0.1, -0.05) is 29.8 Å². The maximum Gasteiger partial charge on any atom is 0.227 e. The van der Waals surface area contributed by atoms with Gasteiger partial charge in [-0.25, -0.2) is 0 Å². The third kappa shape index (κ3) is 3.57. The second-order valence-electron chi connectivity index (χ2n) is 5.68. The predicted molar refractivity (Wildman–Crippen MR) is 77.9 cm³/mol. The lowest BCUT2D eigenvalue weighted by Crippen LogP contribution is -2.52. The minimum atomic E-state index is 0.0572. The minimum absolute atomic E-state index is 0.0572. The monoisotopic (exact) mass is 260 g/mol. The fourth-order valence-corrected chi connectivity index (χ4v) is 2.91. The third-order valence-corrected chi connectivity index (χ3v) is 3.91. The van der Waals surface area contributed by atoms with Crippen LogP contribution >= 0.6 is 0 Å². The minimum Gasteiger partial charge on any atom is -0.338 e. The highest BCUT2D eigenvalue weighted by molar-refractivity contribution is 5.79. The van der Waals surface area contributed by atoms with Gasteiger partial charge in [0.2, 0.25) is 5.91 Å². The molecule has 0 bridgehead atoms. The zero-order chi connectivity index (χ0) is 13.8. The highest BCUT2D eigenvalue weighted by Gasteiger charge is 2.28. The Hall–Kier alpha value is -1.35. The number of amides is 1. The number of nitrogens with zero attached hydrogens (tertiary/aromatic N) is 1. The zero-order valence-corrected chi connectivity index (χ0v) is 11.9. The van der Waals surface area contributed by atoms with Gasteiger partial charge in [0.15, 0.2) is 0 Å². The normalized spacial score (nSPS) is 21.2. The number of hydrogen-bond donors (Lipinski definition) is 1. The van der Waals surface area contributed by atoms with Gasteiger partial charge in [0.25, 0.3) is 0 Å². The molecule has 2 atom stereocenters. The standard InChI is InChI=1S/C16H24N2O/c1-12-6-5-7-14(10-12)11-16(19)18-9-4-3-8-15(18)13(2)17/h5-7,10,13,15H,3-4,8-9,11,17H2,1-2H3/t13-,15-/m1/s1. The van der Waals surface area contributed by atoms with Gasteiger partial charge in [-0.3, -0.25) is 4.79 Å². The fourth-order valence-electron chi connectivity index (χ4n) is 2.91. The summed E-state index contributed by atoms with van der Waals surface area (Å²) in [5.41, 5.74) is 8.32. The van der Waals surface area contributed by atoms with Crippen LogP contribution in [0.1, 0.15) is 37.3 Å². The third-order valence-electron chi connectivity index (χ3n) is 3.91. The molecule has 19 heavy (non-hydrogen) atoms. The van der Waals surface area contributed by atoms with Gasteiger partial charge in [0, 0.05) is 18.6 Å². The van der Waals surface area contributed by atoms with Crippen LogP contribution in [-0.4, -0.2) is 29.4 Å². The molecule has 1 heterocycles. The summed E-state index contributed by atoms with van der Waals surface area (Å²) in [6, 6.07) is 8.45. The number of nitrogens with two attached hydrogens (primary N) is 1. The Bertz CT molecular complexity index is 442. The molecule has 3 heteroatoms. The number of carbonyl (C=O) groups is 1. The van der Waals surface area contributed by atoms with E-state index in [9.17, 15) is 4.79 Å². The van der Waals surface area contributed by atoms with E-state index in [2.05, 4.69) is 19.1 Å². The molecule has 1 fully saturated rings. The smallest absolute Gasteiger partial charge is 0.227 e. The van der Waals surface area contributed by atoms with Crippen molar-refractivity contribution in [3.8, 4) is 0 Å². The molecule has 0 radical (unpaired) electrons. The molecule has 1 amide bonds. The average molecular weight is 260 g/mol. The molecular formula is C16H24N2O. The fraction of sp³-hybridized carbons (Fsp3) is 0.562. The lowest BCUT2D eigenvalue weighted by molar-refractivity contribution is -0.134. The molecule has 1 aromatic rings. The van der Waals surface area contributed by atoms with E-state index in [1.165, 1.54) is 12.0 Å². The lowest BCUT2D eigenvalue weighted by atomic mass is 9.96. The highest BCUT2D eigenvalue weighted by Crippen LogP contribution is 2.20. The van der Waals surface area contributed by atoms with Crippen LogP contribution in [0.25, 0.3) is 0 Å². The molecule has 1 aliphatic rings. The van der Waals surface area contributed by atoms with Crippen molar-refractivity contribution in [3.63, 3.8) is 0 Å². The van der Waals surface area contributed by atoms with Gasteiger partial charge < -0.3 is 10.6 Å². The van der Waals surface area contributed by atoms with Crippen molar-refractivity contribution in [2.75, 3.05) is 6.54 Å². The largest absolute Gasteiger partial charge is 0.338 e. The van der Waals surface area contributed by atoms with Crippen molar-refractivity contribution in [1.82, 2.24) is 4.90 Å². The summed E-state index contributed by atoms with van der Waals surface area (Å²) in [5, 5.41) is 0. The number of rotatable bonds is 3. The van der Waals surface area contributed by atoms with Gasteiger partial charge in [-0.15, -0.1) is 0 Å². The second-order valence-corrected chi connectivity index (χ2v) is 5.68. The molecule has 3 nitrogen and oxygen atoms in total.